The monoisotopic (exact) mass is 268 g/mol. The third-order valence-electron chi connectivity index (χ3n) is 2.21. The fourth-order valence-corrected chi connectivity index (χ4v) is 1.85. The molecule has 0 aliphatic carbocycles. The zero-order chi connectivity index (χ0) is 13.6. The average molecular weight is 268 g/mol. The summed E-state index contributed by atoms with van der Waals surface area (Å²) in [5.41, 5.74) is 0.911. The topological polar surface area (TPSA) is 75.3 Å². The van der Waals surface area contributed by atoms with Gasteiger partial charge >= 0.3 is 0 Å². The van der Waals surface area contributed by atoms with Crippen LogP contribution in [0.4, 0.5) is 5.69 Å². The van der Waals surface area contributed by atoms with Gasteiger partial charge < -0.3 is 5.32 Å². The second-order valence-corrected chi connectivity index (χ2v) is 5.59. The first-order valence-corrected chi connectivity index (χ1v) is 7.13. The molecule has 2 N–H and O–H groups in total. The van der Waals surface area contributed by atoms with E-state index in [1.165, 1.54) is 0 Å². The molecule has 1 rings (SSSR count). The predicted molar refractivity (Wildman–Crippen MR) is 72.1 cm³/mol. The lowest BCUT2D eigenvalue weighted by atomic mass is 10.2. The number of carbonyl (C=O) groups excluding carboxylic acids is 1. The normalized spacial score (nSPS) is 10.7. The van der Waals surface area contributed by atoms with Crippen LogP contribution in [0.2, 0.25) is 0 Å². The van der Waals surface area contributed by atoms with Crippen molar-refractivity contribution >= 4 is 21.6 Å². The van der Waals surface area contributed by atoms with Gasteiger partial charge in [-0.2, -0.15) is 0 Å². The first-order chi connectivity index (χ1) is 8.48. The number of benzene rings is 1. The largest absolute Gasteiger partial charge is 0.349 e. The van der Waals surface area contributed by atoms with Gasteiger partial charge in [-0.25, -0.2) is 8.42 Å². The standard InChI is InChI=1S/C12H16N2O3S/c1-3-9-13-12(15)10-5-7-11(8-6-10)14-18(16,17)4-2/h3,5-8,14H,1,4,9H2,2H3,(H,13,15). The highest BCUT2D eigenvalue weighted by molar-refractivity contribution is 7.92. The molecule has 0 unspecified atom stereocenters. The second kappa shape index (κ2) is 6.20. The first kappa shape index (κ1) is 14.2. The molecular weight excluding hydrogens is 252 g/mol. The maximum atomic E-state index is 11.6. The molecule has 5 nitrogen and oxygen atoms in total. The van der Waals surface area contributed by atoms with E-state index in [4.69, 9.17) is 0 Å². The Hall–Kier alpha value is -1.82. The van der Waals surface area contributed by atoms with Crippen LogP contribution in [0.15, 0.2) is 36.9 Å². The lowest BCUT2D eigenvalue weighted by Gasteiger charge is -2.07. The Bertz CT molecular complexity index is 521. The van der Waals surface area contributed by atoms with E-state index in [9.17, 15) is 13.2 Å². The highest BCUT2D eigenvalue weighted by Crippen LogP contribution is 2.11. The SMILES string of the molecule is C=CCNC(=O)c1ccc(NS(=O)(=O)CC)cc1. The van der Waals surface area contributed by atoms with E-state index in [0.717, 1.165) is 0 Å². The van der Waals surface area contributed by atoms with Crippen LogP contribution in [0.5, 0.6) is 0 Å². The van der Waals surface area contributed by atoms with Gasteiger partial charge in [0.25, 0.3) is 5.91 Å². The van der Waals surface area contributed by atoms with Crippen LogP contribution in [0.25, 0.3) is 0 Å². The van der Waals surface area contributed by atoms with Crippen LogP contribution in [0.1, 0.15) is 17.3 Å². The van der Waals surface area contributed by atoms with E-state index in [1.54, 1.807) is 37.3 Å². The van der Waals surface area contributed by atoms with Crippen LogP contribution >= 0.6 is 0 Å². The number of sulfonamides is 1. The Morgan fingerprint density at radius 1 is 1.33 bits per heavy atom. The fourth-order valence-electron chi connectivity index (χ4n) is 1.21. The zero-order valence-corrected chi connectivity index (χ0v) is 11.0. The number of rotatable bonds is 6. The molecule has 0 saturated carbocycles. The third kappa shape index (κ3) is 4.21. The van der Waals surface area contributed by atoms with Gasteiger partial charge in [0, 0.05) is 17.8 Å². The van der Waals surface area contributed by atoms with Crippen molar-refractivity contribution in [2.24, 2.45) is 0 Å². The van der Waals surface area contributed by atoms with Gasteiger partial charge in [0.05, 0.1) is 5.75 Å². The van der Waals surface area contributed by atoms with Gasteiger partial charge in [0.15, 0.2) is 0 Å². The van der Waals surface area contributed by atoms with Crippen LogP contribution in [0, 0.1) is 0 Å². The second-order valence-electron chi connectivity index (χ2n) is 3.58. The third-order valence-corrected chi connectivity index (χ3v) is 3.51. The summed E-state index contributed by atoms with van der Waals surface area (Å²) in [7, 11) is -3.28. The molecule has 0 fully saturated rings. The minimum atomic E-state index is -3.28. The predicted octanol–water partition coefficient (Wildman–Crippen LogP) is 1.36. The van der Waals surface area contributed by atoms with E-state index >= 15 is 0 Å². The molecule has 0 radical (unpaired) electrons. The molecule has 0 aliphatic heterocycles. The minimum Gasteiger partial charge on any atom is -0.349 e. The summed E-state index contributed by atoms with van der Waals surface area (Å²) in [6, 6.07) is 6.23. The molecule has 98 valence electrons. The maximum Gasteiger partial charge on any atom is 0.251 e. The van der Waals surface area contributed by atoms with Crippen LogP contribution in [-0.2, 0) is 10.0 Å². The van der Waals surface area contributed by atoms with Crippen molar-refractivity contribution < 1.29 is 13.2 Å². The molecule has 6 heteroatoms. The molecule has 1 aromatic carbocycles. The number of anilines is 1. The Balaban J connectivity index is 2.74. The average Bonchev–Trinajstić information content (AvgIpc) is 2.36. The van der Waals surface area contributed by atoms with Gasteiger partial charge in [-0.05, 0) is 31.2 Å². The molecule has 0 saturated heterocycles. The molecule has 1 aromatic rings. The van der Waals surface area contributed by atoms with Gasteiger partial charge in [-0.3, -0.25) is 9.52 Å². The van der Waals surface area contributed by atoms with Crippen molar-refractivity contribution in [2.75, 3.05) is 17.0 Å². The number of nitrogens with one attached hydrogen (secondary N) is 2. The lowest BCUT2D eigenvalue weighted by Crippen LogP contribution is -2.23. The smallest absolute Gasteiger partial charge is 0.251 e. The first-order valence-electron chi connectivity index (χ1n) is 5.48. The van der Waals surface area contributed by atoms with Crippen molar-refractivity contribution in [3.05, 3.63) is 42.5 Å². The number of amides is 1. The van der Waals surface area contributed by atoms with Gasteiger partial charge in [-0.15, -0.1) is 6.58 Å². The van der Waals surface area contributed by atoms with Gasteiger partial charge in [-0.1, -0.05) is 6.08 Å². The fraction of sp³-hybridized carbons (Fsp3) is 0.250. The Morgan fingerprint density at radius 2 is 1.94 bits per heavy atom. The number of hydrogen-bond acceptors (Lipinski definition) is 3. The molecule has 0 aliphatic rings. The van der Waals surface area contributed by atoms with Crippen molar-refractivity contribution in [3.63, 3.8) is 0 Å². The van der Waals surface area contributed by atoms with Crippen LogP contribution in [-0.4, -0.2) is 26.6 Å². The van der Waals surface area contributed by atoms with E-state index < -0.39 is 10.0 Å². The molecule has 0 heterocycles. The molecule has 18 heavy (non-hydrogen) atoms. The maximum absolute atomic E-state index is 11.6. The van der Waals surface area contributed by atoms with E-state index in [2.05, 4.69) is 16.6 Å². The number of hydrogen-bond donors (Lipinski definition) is 2. The molecule has 0 spiro atoms. The molecule has 0 aromatic heterocycles. The molecule has 0 bridgehead atoms. The highest BCUT2D eigenvalue weighted by Gasteiger charge is 2.08. The summed E-state index contributed by atoms with van der Waals surface area (Å²) in [5.74, 6) is -0.214. The lowest BCUT2D eigenvalue weighted by molar-refractivity contribution is 0.0958. The Labute approximate surface area is 107 Å². The van der Waals surface area contributed by atoms with Gasteiger partial charge in [0.2, 0.25) is 10.0 Å². The van der Waals surface area contributed by atoms with Crippen LogP contribution in [0.3, 0.4) is 0 Å². The quantitative estimate of drug-likeness (QED) is 0.765. The molecule has 1 amide bonds. The molecule has 0 atom stereocenters. The van der Waals surface area contributed by atoms with Crippen molar-refractivity contribution in [1.29, 1.82) is 0 Å². The summed E-state index contributed by atoms with van der Waals surface area (Å²) >= 11 is 0. The van der Waals surface area contributed by atoms with E-state index in [-0.39, 0.29) is 11.7 Å². The van der Waals surface area contributed by atoms with E-state index in [0.29, 0.717) is 17.8 Å². The highest BCUT2D eigenvalue weighted by atomic mass is 32.2. The van der Waals surface area contributed by atoms with Crippen molar-refractivity contribution in [1.82, 2.24) is 5.32 Å². The minimum absolute atomic E-state index is 0.00850. The Morgan fingerprint density at radius 3 is 2.44 bits per heavy atom. The van der Waals surface area contributed by atoms with Gasteiger partial charge in [0.1, 0.15) is 0 Å². The van der Waals surface area contributed by atoms with E-state index in [1.807, 2.05) is 0 Å². The summed E-state index contributed by atoms with van der Waals surface area (Å²) in [4.78, 5) is 11.6. The summed E-state index contributed by atoms with van der Waals surface area (Å²) in [6.45, 7) is 5.45. The Kier molecular flexibility index (Phi) is 4.91. The summed E-state index contributed by atoms with van der Waals surface area (Å²) in [6.07, 6.45) is 1.58. The zero-order valence-electron chi connectivity index (χ0n) is 10.1. The van der Waals surface area contributed by atoms with Crippen molar-refractivity contribution in [2.45, 2.75) is 6.92 Å². The summed E-state index contributed by atoms with van der Waals surface area (Å²) in [5, 5.41) is 2.63. The summed E-state index contributed by atoms with van der Waals surface area (Å²) < 4.78 is 25.1. The number of carbonyl (C=O) groups is 1. The van der Waals surface area contributed by atoms with Crippen LogP contribution < -0.4 is 10.0 Å². The van der Waals surface area contributed by atoms with Crippen molar-refractivity contribution in [3.8, 4) is 0 Å². The molecular formula is C12H16N2O3S.